The Kier molecular flexibility index (Phi) is 9.74. The zero-order valence-electron chi connectivity index (χ0n) is 21.7. The van der Waals surface area contributed by atoms with Gasteiger partial charge in [-0.25, -0.2) is 13.8 Å². The van der Waals surface area contributed by atoms with Crippen molar-refractivity contribution in [2.24, 2.45) is 0 Å². The van der Waals surface area contributed by atoms with Crippen molar-refractivity contribution in [1.29, 1.82) is 0 Å². The molecule has 1 unspecified atom stereocenters. The van der Waals surface area contributed by atoms with Crippen LogP contribution in [-0.4, -0.2) is 110 Å². The van der Waals surface area contributed by atoms with Crippen LogP contribution in [0, 0.1) is 18.6 Å². The number of nitrogens with zero attached hydrogens (tertiary/aromatic N) is 3. The van der Waals surface area contributed by atoms with Gasteiger partial charge in [0.15, 0.2) is 0 Å². The Bertz CT molecular complexity index is 1360. The maximum atomic E-state index is 15.2. The molecule has 206 valence electrons. The fourth-order valence-electron chi connectivity index (χ4n) is 4.05. The fourth-order valence-corrected chi connectivity index (χ4v) is 4.05. The second-order valence-electron chi connectivity index (χ2n) is 9.27. The van der Waals surface area contributed by atoms with Crippen molar-refractivity contribution < 1.29 is 43.2 Å². The van der Waals surface area contributed by atoms with Crippen LogP contribution in [0.25, 0.3) is 16.9 Å². The zero-order valence-corrected chi connectivity index (χ0v) is 21.7. The highest BCUT2D eigenvalue weighted by molar-refractivity contribution is 6.39. The van der Waals surface area contributed by atoms with Crippen molar-refractivity contribution in [1.82, 2.24) is 19.6 Å². The van der Waals surface area contributed by atoms with E-state index in [9.17, 15) is 14.7 Å². The van der Waals surface area contributed by atoms with E-state index in [2.05, 4.69) is 22.5 Å². The number of hydrogen-bond donors (Lipinski definition) is 4. The van der Waals surface area contributed by atoms with E-state index in [4.69, 9.17) is 30.6 Å². The van der Waals surface area contributed by atoms with E-state index in [0.29, 0.717) is 30.9 Å². The van der Waals surface area contributed by atoms with Crippen LogP contribution >= 0.6 is 0 Å². The van der Waals surface area contributed by atoms with Gasteiger partial charge in [-0.1, -0.05) is 0 Å². The maximum Gasteiger partial charge on any atom is 0.296 e. The molecule has 1 aromatic carbocycles. The number of amides is 1. The molecule has 0 saturated carbocycles. The third-order valence-corrected chi connectivity index (χ3v) is 5.72. The summed E-state index contributed by atoms with van der Waals surface area (Å²) in [4.78, 5) is 28.0. The number of likely N-dealkylation sites (N-methyl/N-ethyl adjacent to an activating group) is 1. The Morgan fingerprint density at radius 1 is 1.25 bits per heavy atom. The Balaban J connectivity index is 0.000000559. The van der Waals surface area contributed by atoms with Gasteiger partial charge in [0.1, 0.15) is 33.0 Å². The molecule has 40 heavy (non-hydrogen) atoms. The lowest BCUT2D eigenvalue weighted by Crippen LogP contribution is -2.49. The first kappa shape index (κ1) is 31.2. The number of fused-ring (bicyclic) bond motifs is 1. The van der Waals surface area contributed by atoms with Gasteiger partial charge >= 0.3 is 0 Å². The third kappa shape index (κ3) is 8.35. The van der Waals surface area contributed by atoms with Gasteiger partial charge in [-0.15, -0.1) is 0 Å². The molecule has 0 bridgehead atoms. The molecule has 4 rings (SSSR count). The highest BCUT2D eigenvalue weighted by Crippen LogP contribution is 2.32. The summed E-state index contributed by atoms with van der Waals surface area (Å²) < 4.78 is 41.5. The largest absolute Gasteiger partial charge is 0.421 e. The summed E-state index contributed by atoms with van der Waals surface area (Å²) in [5.41, 5.74) is -1.05. The van der Waals surface area contributed by atoms with Crippen LogP contribution < -0.4 is 5.32 Å². The molecule has 4 N–H and O–H groups in total. The average Bonchev–Trinajstić information content (AvgIpc) is 3.13. The Hall–Kier alpha value is -3.30. The van der Waals surface area contributed by atoms with Crippen LogP contribution in [0.5, 0.6) is 0 Å². The Labute approximate surface area is 232 Å². The normalized spacial score (nSPS) is 16.2. The van der Waals surface area contributed by atoms with Crippen molar-refractivity contribution in [3.8, 4) is 11.3 Å². The van der Waals surface area contributed by atoms with Gasteiger partial charge in [0.2, 0.25) is 7.85 Å². The minimum atomic E-state index is -2.82. The number of rotatable bonds is 7. The summed E-state index contributed by atoms with van der Waals surface area (Å²) >= 11 is 0. The van der Waals surface area contributed by atoms with Crippen molar-refractivity contribution in [2.45, 2.75) is 30.8 Å². The van der Waals surface area contributed by atoms with Gasteiger partial charge in [0.05, 0.1) is 29.7 Å². The molecular weight excluding hydrogens is 527 g/mol. The van der Waals surface area contributed by atoms with E-state index in [1.807, 2.05) is 37.6 Å². The Morgan fingerprint density at radius 2 is 1.90 bits per heavy atom. The summed E-state index contributed by atoms with van der Waals surface area (Å²) in [7, 11) is 16.6. The minimum absolute atomic E-state index is 0.133. The average molecular weight is 552 g/mol. The van der Waals surface area contributed by atoms with Gasteiger partial charge in [0.25, 0.3) is 18.3 Å². The number of nitrogens with one attached hydrogen (secondary N) is 1. The molecule has 11 nitrogen and oxygen atoms in total. The fraction of sp³-hybridized carbons (Fsp3) is 0.375. The van der Waals surface area contributed by atoms with Crippen molar-refractivity contribution in [2.75, 3.05) is 26.7 Å². The number of aryl methyl sites for hydroxylation is 1. The highest BCUT2D eigenvalue weighted by Gasteiger charge is 2.27. The number of morpholine rings is 1. The van der Waals surface area contributed by atoms with Crippen LogP contribution in [0.2, 0.25) is 0 Å². The summed E-state index contributed by atoms with van der Waals surface area (Å²) in [6.45, 7) is 3.78. The molecule has 1 amide bonds. The summed E-state index contributed by atoms with van der Waals surface area (Å²) in [6, 6.07) is 5.41. The van der Waals surface area contributed by atoms with Crippen LogP contribution in [0.3, 0.4) is 0 Å². The van der Waals surface area contributed by atoms with Crippen LogP contribution in [-0.2, 0) is 20.7 Å². The summed E-state index contributed by atoms with van der Waals surface area (Å²) in [6.07, 6.45) is 2.02. The van der Waals surface area contributed by atoms with Gasteiger partial charge in [-0.2, -0.15) is 0 Å². The molecule has 0 spiro atoms. The molecule has 1 fully saturated rings. The topological polar surface area (TPSA) is 146 Å². The number of halogens is 2. The Morgan fingerprint density at radius 3 is 2.42 bits per heavy atom. The van der Waals surface area contributed by atoms with E-state index in [1.54, 1.807) is 4.40 Å². The molecule has 1 aliphatic heterocycles. The smallest absolute Gasteiger partial charge is 0.296 e. The van der Waals surface area contributed by atoms with Crippen molar-refractivity contribution >= 4 is 41.6 Å². The third-order valence-electron chi connectivity index (χ3n) is 5.72. The first-order valence-electron chi connectivity index (χ1n) is 11.8. The molecule has 6 radical (unpaired) electrons. The van der Waals surface area contributed by atoms with E-state index in [0.717, 1.165) is 24.2 Å². The molecule has 1 saturated heterocycles. The SMILES string of the molecule is [B]C(O)(O)OC=O.[B]C([B])(O)NC(=O)c1cc(F)c(-c2nc3cc(C)ccn3c2CC2CN(C)CCO2)c(F)c1. The van der Waals surface area contributed by atoms with Gasteiger partial charge in [-0.3, -0.25) is 9.59 Å². The quantitative estimate of drug-likeness (QED) is 0.166. The standard InChI is InChI=1S/C22H22B2F2N4O3.C2H3BO4/c1-12-3-4-30-17(10-14-11-29(2)5-6-33-14)20(27-18(30)7-12)19-15(25)8-13(9-16(19)26)21(31)28-22(23,24)32;3-2(5,6)7-1-4/h3-4,7-9,14,32H,5-6,10-11H2,1-2H3,(H,28,31);1,5-6H. The number of aliphatic hydroxyl groups is 3. The number of carbonyl (C=O) groups excluding carboxylic acids is 2. The van der Waals surface area contributed by atoms with Gasteiger partial charge in [-0.05, 0) is 43.8 Å². The number of carbonyl (C=O) groups is 2. The minimum Gasteiger partial charge on any atom is -0.421 e. The maximum absolute atomic E-state index is 15.2. The lowest BCUT2D eigenvalue weighted by Gasteiger charge is -2.30. The molecule has 1 atom stereocenters. The molecule has 16 heteroatoms. The van der Waals surface area contributed by atoms with E-state index < -0.39 is 28.9 Å². The second-order valence-corrected chi connectivity index (χ2v) is 9.27. The number of hydrogen-bond acceptors (Lipinski definition) is 9. The number of aromatic nitrogens is 2. The number of pyridine rings is 1. The predicted molar refractivity (Wildman–Crippen MR) is 140 cm³/mol. The summed E-state index contributed by atoms with van der Waals surface area (Å²) in [5, 5.41) is 27.0. The highest BCUT2D eigenvalue weighted by atomic mass is 19.1. The molecule has 0 aliphatic carbocycles. The van der Waals surface area contributed by atoms with E-state index >= 15 is 8.78 Å². The van der Waals surface area contributed by atoms with Gasteiger partial charge in [0, 0.05) is 36.8 Å². The number of ether oxygens (including phenoxy) is 2. The molecule has 3 aromatic rings. The molecule has 3 heterocycles. The first-order valence-corrected chi connectivity index (χ1v) is 11.8. The zero-order chi connectivity index (χ0) is 29.8. The lowest BCUT2D eigenvalue weighted by atomic mass is 9.73. The molecular formula is C24H25B3F2N4O7. The summed E-state index contributed by atoms with van der Waals surface area (Å²) in [5.74, 6) is -5.82. The second kappa shape index (κ2) is 12.5. The van der Waals surface area contributed by atoms with Gasteiger partial charge < -0.3 is 39.4 Å². The van der Waals surface area contributed by atoms with Crippen molar-refractivity contribution in [3.05, 3.63) is 58.9 Å². The number of imidazole rings is 1. The molecule has 1 aliphatic rings. The lowest BCUT2D eigenvalue weighted by molar-refractivity contribution is -0.253. The first-order chi connectivity index (χ1) is 18.6. The van der Waals surface area contributed by atoms with E-state index in [1.165, 1.54) is 0 Å². The number of benzene rings is 1. The van der Waals surface area contributed by atoms with Crippen molar-refractivity contribution in [3.63, 3.8) is 0 Å². The van der Waals surface area contributed by atoms with Crippen LogP contribution in [0.15, 0.2) is 30.5 Å². The monoisotopic (exact) mass is 552 g/mol. The molecule has 2 aromatic heterocycles. The van der Waals surface area contributed by atoms with E-state index in [-0.39, 0.29) is 29.4 Å². The van der Waals surface area contributed by atoms with Crippen LogP contribution in [0.1, 0.15) is 21.6 Å². The van der Waals surface area contributed by atoms with Crippen LogP contribution in [0.4, 0.5) is 8.78 Å². The predicted octanol–water partition coefficient (Wildman–Crippen LogP) is -0.945.